The lowest BCUT2D eigenvalue weighted by Gasteiger charge is -2.29. The van der Waals surface area contributed by atoms with Crippen LogP contribution in [0.25, 0.3) is 0 Å². The van der Waals surface area contributed by atoms with Gasteiger partial charge in [-0.3, -0.25) is 24.0 Å². The number of carbonyl (C=O) groups is 6. The van der Waals surface area contributed by atoms with E-state index in [1.807, 2.05) is 0 Å². The van der Waals surface area contributed by atoms with Gasteiger partial charge in [-0.15, -0.1) is 0 Å². The number of nitrogens with zero attached hydrogens (tertiary/aromatic N) is 1. The van der Waals surface area contributed by atoms with E-state index in [0.717, 1.165) is 4.90 Å². The number of aromatic hydroxyl groups is 1. The molecule has 1 aromatic carbocycles. The largest absolute Gasteiger partial charge is 0.508 e. The second-order valence-electron chi connectivity index (χ2n) is 8.73. The average molecular weight is 522 g/mol. The highest BCUT2D eigenvalue weighted by atomic mass is 16.4. The minimum absolute atomic E-state index is 0.0423. The number of nitrogens with two attached hydrogens (primary N) is 2. The fourth-order valence-electron chi connectivity index (χ4n) is 3.95. The first-order valence-corrected chi connectivity index (χ1v) is 11.6. The van der Waals surface area contributed by atoms with Crippen molar-refractivity contribution in [1.29, 1.82) is 0 Å². The Balaban J connectivity index is 2.13. The third-order valence-corrected chi connectivity index (χ3v) is 5.85. The van der Waals surface area contributed by atoms with Crippen molar-refractivity contribution in [2.45, 2.75) is 62.7 Å². The molecule has 1 aliphatic heterocycles. The van der Waals surface area contributed by atoms with Crippen molar-refractivity contribution in [3.63, 3.8) is 0 Å². The van der Waals surface area contributed by atoms with E-state index >= 15 is 0 Å². The van der Waals surface area contributed by atoms with Gasteiger partial charge in [-0.1, -0.05) is 12.1 Å². The maximum absolute atomic E-state index is 13.3. The fourth-order valence-corrected chi connectivity index (χ4v) is 3.95. The number of benzene rings is 1. The first-order valence-electron chi connectivity index (χ1n) is 11.6. The highest BCUT2D eigenvalue weighted by Gasteiger charge is 2.39. The number of carbonyl (C=O) groups excluding carboxylic acids is 4. The predicted octanol–water partition coefficient (Wildman–Crippen LogP) is -1.95. The van der Waals surface area contributed by atoms with Crippen LogP contribution in [0.4, 0.5) is 0 Å². The molecule has 37 heavy (non-hydrogen) atoms. The molecule has 1 aromatic rings. The third-order valence-electron chi connectivity index (χ3n) is 5.85. The lowest BCUT2D eigenvalue weighted by atomic mass is 10.0. The van der Waals surface area contributed by atoms with E-state index in [4.69, 9.17) is 16.6 Å². The summed E-state index contributed by atoms with van der Waals surface area (Å²) in [6.45, 7) is 0.121. The van der Waals surface area contributed by atoms with Crippen molar-refractivity contribution < 1.29 is 44.1 Å². The van der Waals surface area contributed by atoms with Gasteiger partial charge in [-0.25, -0.2) is 4.79 Å². The van der Waals surface area contributed by atoms with E-state index in [9.17, 15) is 39.0 Å². The van der Waals surface area contributed by atoms with Crippen LogP contribution in [0.2, 0.25) is 0 Å². The normalized spacial score (nSPS) is 17.3. The van der Waals surface area contributed by atoms with E-state index in [2.05, 4.69) is 10.6 Å². The van der Waals surface area contributed by atoms with Gasteiger partial charge < -0.3 is 42.3 Å². The number of likely N-dealkylation sites (tertiary alicyclic amines) is 1. The standard InChI is InChI=1S/C23H31N5O9/c24-14(10-12-3-5-13(29)6-4-12)20(33)26-15(7-8-18(25)30)22(35)28-9-1-2-17(28)21(34)27-16(23(36)37)11-19(31)32/h3-6,14-17,29H,1-2,7-11,24H2,(H2,25,30)(H,26,33)(H,27,34)(H,31,32)(H,36,37). The number of phenols is 1. The molecule has 9 N–H and O–H groups in total. The van der Waals surface area contributed by atoms with Gasteiger partial charge in [0, 0.05) is 13.0 Å². The van der Waals surface area contributed by atoms with Gasteiger partial charge in [0.2, 0.25) is 23.6 Å². The van der Waals surface area contributed by atoms with Crippen molar-refractivity contribution in [3.05, 3.63) is 29.8 Å². The van der Waals surface area contributed by atoms with Gasteiger partial charge in [-0.05, 0) is 43.4 Å². The highest BCUT2D eigenvalue weighted by Crippen LogP contribution is 2.20. The highest BCUT2D eigenvalue weighted by molar-refractivity contribution is 5.95. The number of hydrogen-bond acceptors (Lipinski definition) is 8. The van der Waals surface area contributed by atoms with Gasteiger partial charge in [0.15, 0.2) is 0 Å². The first kappa shape index (κ1) is 29.0. The van der Waals surface area contributed by atoms with E-state index in [-0.39, 0.29) is 38.0 Å². The maximum Gasteiger partial charge on any atom is 0.326 e. The van der Waals surface area contributed by atoms with Crippen LogP contribution in [0.15, 0.2) is 24.3 Å². The summed E-state index contributed by atoms with van der Waals surface area (Å²) in [4.78, 5) is 73.6. The number of carboxylic acids is 2. The first-order chi connectivity index (χ1) is 17.4. The van der Waals surface area contributed by atoms with Crippen LogP contribution in [-0.4, -0.2) is 86.5 Å². The lowest BCUT2D eigenvalue weighted by molar-refractivity contribution is -0.148. The van der Waals surface area contributed by atoms with Crippen molar-refractivity contribution in [3.8, 4) is 5.75 Å². The second-order valence-corrected chi connectivity index (χ2v) is 8.73. The molecule has 0 bridgehead atoms. The molecule has 1 heterocycles. The molecule has 202 valence electrons. The summed E-state index contributed by atoms with van der Waals surface area (Å²) >= 11 is 0. The van der Waals surface area contributed by atoms with Crippen LogP contribution < -0.4 is 22.1 Å². The molecule has 14 heteroatoms. The van der Waals surface area contributed by atoms with Gasteiger partial charge in [0.1, 0.15) is 23.9 Å². The van der Waals surface area contributed by atoms with Crippen LogP contribution in [0, 0.1) is 0 Å². The van der Waals surface area contributed by atoms with Gasteiger partial charge in [0.05, 0.1) is 12.5 Å². The number of rotatable bonds is 13. The molecule has 0 spiro atoms. The number of aliphatic carboxylic acids is 2. The zero-order chi connectivity index (χ0) is 27.7. The van der Waals surface area contributed by atoms with Gasteiger partial charge >= 0.3 is 11.9 Å². The zero-order valence-corrected chi connectivity index (χ0v) is 20.0. The number of hydrogen-bond donors (Lipinski definition) is 7. The molecule has 4 atom stereocenters. The Hall–Kier alpha value is -4.20. The number of phenolic OH excluding ortho intramolecular Hbond substituents is 1. The Kier molecular flexibility index (Phi) is 10.4. The minimum Gasteiger partial charge on any atom is -0.508 e. The summed E-state index contributed by atoms with van der Waals surface area (Å²) in [5.74, 6) is -5.86. The maximum atomic E-state index is 13.3. The second kappa shape index (κ2) is 13.2. The van der Waals surface area contributed by atoms with Crippen LogP contribution in [-0.2, 0) is 35.2 Å². The molecule has 0 radical (unpaired) electrons. The molecule has 14 nitrogen and oxygen atoms in total. The van der Waals surface area contributed by atoms with Crippen molar-refractivity contribution in [2.75, 3.05) is 6.54 Å². The van der Waals surface area contributed by atoms with Gasteiger partial charge in [-0.2, -0.15) is 0 Å². The molecule has 1 aliphatic rings. The summed E-state index contributed by atoms with van der Waals surface area (Å²) < 4.78 is 0. The molecular weight excluding hydrogens is 490 g/mol. The number of amides is 4. The molecule has 4 unspecified atom stereocenters. The summed E-state index contributed by atoms with van der Waals surface area (Å²) in [7, 11) is 0. The summed E-state index contributed by atoms with van der Waals surface area (Å²) in [5.41, 5.74) is 11.9. The Labute approximate surface area is 212 Å². The topological polar surface area (TPSA) is 242 Å². The Bertz CT molecular complexity index is 1030. The monoisotopic (exact) mass is 521 g/mol. The summed E-state index contributed by atoms with van der Waals surface area (Å²) in [6, 6.07) is 0.937. The predicted molar refractivity (Wildman–Crippen MR) is 127 cm³/mol. The van der Waals surface area contributed by atoms with E-state index < -0.39 is 66.2 Å². The molecular formula is C23H31N5O9. The number of nitrogens with one attached hydrogen (secondary N) is 2. The molecule has 0 aromatic heterocycles. The molecule has 1 saturated heterocycles. The minimum atomic E-state index is -1.69. The number of carboxylic acid groups (broad SMARTS) is 2. The van der Waals surface area contributed by atoms with Crippen LogP contribution >= 0.6 is 0 Å². The Morgan fingerprint density at radius 3 is 2.24 bits per heavy atom. The smallest absolute Gasteiger partial charge is 0.326 e. The molecule has 1 fully saturated rings. The van der Waals surface area contributed by atoms with E-state index in [1.54, 1.807) is 12.1 Å². The molecule has 0 aliphatic carbocycles. The average Bonchev–Trinajstić information content (AvgIpc) is 3.31. The van der Waals surface area contributed by atoms with Crippen molar-refractivity contribution in [1.82, 2.24) is 15.5 Å². The van der Waals surface area contributed by atoms with Crippen LogP contribution in [0.5, 0.6) is 5.75 Å². The number of primary amides is 1. The summed E-state index contributed by atoms with van der Waals surface area (Å²) in [6.07, 6.45) is -0.567. The zero-order valence-electron chi connectivity index (χ0n) is 20.0. The third kappa shape index (κ3) is 8.75. The lowest BCUT2D eigenvalue weighted by Crippen LogP contribution is -2.57. The van der Waals surface area contributed by atoms with Crippen LogP contribution in [0.3, 0.4) is 0 Å². The van der Waals surface area contributed by atoms with Crippen molar-refractivity contribution in [2.24, 2.45) is 11.5 Å². The van der Waals surface area contributed by atoms with Gasteiger partial charge in [0.25, 0.3) is 0 Å². The fraction of sp³-hybridized carbons (Fsp3) is 0.478. The Morgan fingerprint density at radius 2 is 1.68 bits per heavy atom. The molecule has 2 rings (SSSR count). The van der Waals surface area contributed by atoms with E-state index in [1.165, 1.54) is 12.1 Å². The molecule has 4 amide bonds. The Morgan fingerprint density at radius 1 is 1.03 bits per heavy atom. The van der Waals surface area contributed by atoms with Crippen molar-refractivity contribution >= 4 is 35.6 Å². The summed E-state index contributed by atoms with van der Waals surface area (Å²) in [5, 5.41) is 32.1. The van der Waals surface area contributed by atoms with E-state index in [0.29, 0.717) is 12.0 Å². The van der Waals surface area contributed by atoms with Crippen LogP contribution in [0.1, 0.15) is 37.7 Å². The quantitative estimate of drug-likeness (QED) is 0.151. The SMILES string of the molecule is NC(=O)CCC(NC(=O)C(N)Cc1ccc(O)cc1)C(=O)N1CCCC1C(=O)NC(CC(=O)O)C(=O)O. The molecule has 0 saturated carbocycles.